The Bertz CT molecular complexity index is 305. The minimum absolute atomic E-state index is 0.162. The number of unbranched alkanes of at least 4 members (excludes halogenated alkanes) is 2. The third-order valence-corrected chi connectivity index (χ3v) is 2.38. The molecule has 4 heteroatoms. The molecule has 84 valence electrons. The molecule has 15 heavy (non-hydrogen) atoms. The van der Waals surface area contributed by atoms with Crippen molar-refractivity contribution in [3.05, 3.63) is 22.8 Å². The first-order valence-corrected chi connectivity index (χ1v) is 5.54. The molecule has 0 amide bonds. The molecule has 3 nitrogen and oxygen atoms in total. The van der Waals surface area contributed by atoms with Gasteiger partial charge < -0.3 is 9.84 Å². The number of nitrogens with zero attached hydrogens (tertiary/aromatic N) is 1. The van der Waals surface area contributed by atoms with Crippen molar-refractivity contribution in [3.63, 3.8) is 0 Å². The van der Waals surface area contributed by atoms with Crippen LogP contribution >= 0.6 is 11.6 Å². The fourth-order valence-electron chi connectivity index (χ4n) is 1.18. The van der Waals surface area contributed by atoms with Crippen LogP contribution in [0.1, 0.15) is 31.9 Å². The van der Waals surface area contributed by atoms with Gasteiger partial charge in [0.15, 0.2) is 0 Å². The number of pyridine rings is 1. The Balaban J connectivity index is 2.47. The summed E-state index contributed by atoms with van der Waals surface area (Å²) in [4.78, 5) is 4.08. The Labute approximate surface area is 95.1 Å². The summed E-state index contributed by atoms with van der Waals surface area (Å²) in [6.07, 6.45) is 3.34. The molecule has 0 aromatic carbocycles. The molecule has 0 spiro atoms. The molecular weight excluding hydrogens is 214 g/mol. The maximum Gasteiger partial charge on any atom is 0.213 e. The number of aliphatic hydroxyl groups is 1. The lowest BCUT2D eigenvalue weighted by molar-refractivity contribution is 0.267. The van der Waals surface area contributed by atoms with Crippen LogP contribution in [0.25, 0.3) is 0 Å². The van der Waals surface area contributed by atoms with Crippen LogP contribution in [-0.4, -0.2) is 16.7 Å². The van der Waals surface area contributed by atoms with E-state index < -0.39 is 0 Å². The van der Waals surface area contributed by atoms with E-state index in [9.17, 15) is 0 Å². The number of hydrogen-bond donors (Lipinski definition) is 1. The van der Waals surface area contributed by atoms with E-state index in [1.165, 1.54) is 6.42 Å². The van der Waals surface area contributed by atoms with Gasteiger partial charge in [-0.15, -0.1) is 0 Å². The van der Waals surface area contributed by atoms with E-state index in [1.807, 2.05) is 0 Å². The zero-order valence-electron chi connectivity index (χ0n) is 8.87. The van der Waals surface area contributed by atoms with E-state index in [0.29, 0.717) is 23.2 Å². The summed E-state index contributed by atoms with van der Waals surface area (Å²) in [6.45, 7) is 2.64. The van der Waals surface area contributed by atoms with Gasteiger partial charge in [0, 0.05) is 6.07 Å². The highest BCUT2D eigenvalue weighted by Crippen LogP contribution is 2.18. The Kier molecular flexibility index (Phi) is 5.43. The van der Waals surface area contributed by atoms with Crippen molar-refractivity contribution in [2.24, 2.45) is 0 Å². The van der Waals surface area contributed by atoms with Crippen LogP contribution in [-0.2, 0) is 6.61 Å². The Morgan fingerprint density at radius 1 is 1.40 bits per heavy atom. The van der Waals surface area contributed by atoms with Crippen LogP contribution < -0.4 is 4.74 Å². The van der Waals surface area contributed by atoms with Crippen molar-refractivity contribution < 1.29 is 9.84 Å². The number of halogens is 1. The van der Waals surface area contributed by atoms with Crippen LogP contribution in [0.3, 0.4) is 0 Å². The highest BCUT2D eigenvalue weighted by molar-refractivity contribution is 6.31. The molecule has 1 aromatic rings. The molecule has 0 aliphatic rings. The van der Waals surface area contributed by atoms with E-state index in [-0.39, 0.29) is 6.61 Å². The van der Waals surface area contributed by atoms with Gasteiger partial charge >= 0.3 is 0 Å². The summed E-state index contributed by atoms with van der Waals surface area (Å²) in [6, 6.07) is 3.41. The molecule has 0 aliphatic carbocycles. The quantitative estimate of drug-likeness (QED) is 0.763. The molecule has 0 atom stereocenters. The van der Waals surface area contributed by atoms with Gasteiger partial charge in [-0.25, -0.2) is 4.98 Å². The zero-order valence-corrected chi connectivity index (χ0v) is 9.63. The van der Waals surface area contributed by atoms with Crippen LogP contribution in [0.4, 0.5) is 0 Å². The maximum absolute atomic E-state index is 8.95. The number of hydrogen-bond acceptors (Lipinski definition) is 3. The molecule has 0 saturated heterocycles. The first-order valence-electron chi connectivity index (χ1n) is 5.17. The largest absolute Gasteiger partial charge is 0.478 e. The predicted octanol–water partition coefficient (Wildman–Crippen LogP) is 2.80. The minimum atomic E-state index is -0.162. The van der Waals surface area contributed by atoms with Crippen LogP contribution in [0.2, 0.25) is 5.02 Å². The van der Waals surface area contributed by atoms with Crippen molar-refractivity contribution in [1.82, 2.24) is 4.98 Å². The number of ether oxygens (including phenoxy) is 1. The van der Waals surface area contributed by atoms with Gasteiger partial charge in [-0.2, -0.15) is 0 Å². The minimum Gasteiger partial charge on any atom is -0.478 e. The zero-order chi connectivity index (χ0) is 11.1. The first-order chi connectivity index (χ1) is 7.27. The number of rotatable bonds is 6. The van der Waals surface area contributed by atoms with E-state index in [0.717, 1.165) is 12.8 Å². The first kappa shape index (κ1) is 12.3. The van der Waals surface area contributed by atoms with Gasteiger partial charge in [0.25, 0.3) is 0 Å². The standard InChI is InChI=1S/C11H16ClNO2/c1-2-3-4-7-15-11-6-5-9(12)10(8-14)13-11/h5-6,14H,2-4,7-8H2,1H3. The van der Waals surface area contributed by atoms with E-state index in [2.05, 4.69) is 11.9 Å². The number of aliphatic hydroxyl groups excluding tert-OH is 1. The summed E-state index contributed by atoms with van der Waals surface area (Å²) in [5.41, 5.74) is 0.463. The Morgan fingerprint density at radius 3 is 2.87 bits per heavy atom. The SMILES string of the molecule is CCCCCOc1ccc(Cl)c(CO)n1. The Morgan fingerprint density at radius 2 is 2.20 bits per heavy atom. The van der Waals surface area contributed by atoms with Crippen molar-refractivity contribution in [1.29, 1.82) is 0 Å². The van der Waals surface area contributed by atoms with Gasteiger partial charge in [0.2, 0.25) is 5.88 Å². The van der Waals surface area contributed by atoms with E-state index >= 15 is 0 Å². The lowest BCUT2D eigenvalue weighted by Gasteiger charge is -2.06. The van der Waals surface area contributed by atoms with Gasteiger partial charge in [-0.3, -0.25) is 0 Å². The maximum atomic E-state index is 8.95. The van der Waals surface area contributed by atoms with Gasteiger partial charge in [0.05, 0.1) is 23.9 Å². The second-order valence-electron chi connectivity index (χ2n) is 3.29. The highest BCUT2D eigenvalue weighted by Gasteiger charge is 2.03. The average molecular weight is 230 g/mol. The van der Waals surface area contributed by atoms with Gasteiger partial charge in [-0.1, -0.05) is 31.4 Å². The molecule has 1 aromatic heterocycles. The highest BCUT2D eigenvalue weighted by atomic mass is 35.5. The van der Waals surface area contributed by atoms with Gasteiger partial charge in [-0.05, 0) is 12.5 Å². The summed E-state index contributed by atoms with van der Waals surface area (Å²) in [5, 5.41) is 9.42. The molecule has 0 saturated carbocycles. The van der Waals surface area contributed by atoms with Crippen molar-refractivity contribution in [2.45, 2.75) is 32.8 Å². The van der Waals surface area contributed by atoms with Crippen molar-refractivity contribution in [2.75, 3.05) is 6.61 Å². The fraction of sp³-hybridized carbons (Fsp3) is 0.545. The normalized spacial score (nSPS) is 10.3. The molecule has 0 bridgehead atoms. The summed E-state index contributed by atoms with van der Waals surface area (Å²) < 4.78 is 5.42. The van der Waals surface area contributed by atoms with Crippen LogP contribution in [0.15, 0.2) is 12.1 Å². The monoisotopic (exact) mass is 229 g/mol. The van der Waals surface area contributed by atoms with E-state index in [1.54, 1.807) is 12.1 Å². The molecule has 0 aliphatic heterocycles. The molecule has 0 radical (unpaired) electrons. The number of aromatic nitrogens is 1. The predicted molar refractivity (Wildman–Crippen MR) is 60.2 cm³/mol. The summed E-state index contributed by atoms with van der Waals surface area (Å²) in [7, 11) is 0. The topological polar surface area (TPSA) is 42.4 Å². The van der Waals surface area contributed by atoms with Crippen LogP contribution in [0.5, 0.6) is 5.88 Å². The molecule has 0 fully saturated rings. The molecule has 1 heterocycles. The lowest BCUT2D eigenvalue weighted by atomic mass is 10.3. The third kappa shape index (κ3) is 4.06. The van der Waals surface area contributed by atoms with Gasteiger partial charge in [0.1, 0.15) is 0 Å². The summed E-state index contributed by atoms with van der Waals surface area (Å²) in [5.74, 6) is 0.527. The van der Waals surface area contributed by atoms with Crippen molar-refractivity contribution >= 4 is 11.6 Å². The second kappa shape index (κ2) is 6.64. The molecule has 0 unspecified atom stereocenters. The van der Waals surface area contributed by atoms with Crippen LogP contribution in [0, 0.1) is 0 Å². The summed E-state index contributed by atoms with van der Waals surface area (Å²) >= 11 is 5.80. The molecular formula is C11H16ClNO2. The Hall–Kier alpha value is -0.800. The molecule has 1 rings (SSSR count). The lowest BCUT2D eigenvalue weighted by Crippen LogP contribution is -2.01. The fourth-order valence-corrected chi connectivity index (χ4v) is 1.35. The van der Waals surface area contributed by atoms with Crippen molar-refractivity contribution in [3.8, 4) is 5.88 Å². The average Bonchev–Trinajstić information content (AvgIpc) is 2.26. The molecule has 1 N–H and O–H groups in total. The third-order valence-electron chi connectivity index (χ3n) is 2.04. The van der Waals surface area contributed by atoms with E-state index in [4.69, 9.17) is 21.4 Å². The second-order valence-corrected chi connectivity index (χ2v) is 3.70. The smallest absolute Gasteiger partial charge is 0.213 e.